The Morgan fingerprint density at radius 3 is 2.07 bits per heavy atom. The maximum atomic E-state index is 2.47. The van der Waals surface area contributed by atoms with Crippen molar-refractivity contribution in [3.05, 3.63) is 35.9 Å². The Labute approximate surface area is 89.4 Å². The molecular weight excluding hydrogens is 184 g/mol. The zero-order valence-corrected chi connectivity index (χ0v) is 10.9. The third-order valence-corrected chi connectivity index (χ3v) is 5.54. The van der Waals surface area contributed by atoms with Crippen LogP contribution in [0.15, 0.2) is 30.3 Å². The van der Waals surface area contributed by atoms with Crippen molar-refractivity contribution in [2.24, 2.45) is 0 Å². The molecule has 0 bridgehead atoms. The van der Waals surface area contributed by atoms with E-state index in [9.17, 15) is 0 Å². The molecule has 0 heterocycles. The molecule has 14 heavy (non-hydrogen) atoms. The highest BCUT2D eigenvalue weighted by Gasteiger charge is 2.26. The molecule has 0 fully saturated rings. The van der Waals surface area contributed by atoms with E-state index in [0.717, 1.165) is 5.54 Å². The SMILES string of the molecule is CCCC(c1ccccc1)[Si](C)(C)C. The predicted octanol–water partition coefficient (Wildman–Crippen LogP) is 4.45. The number of benzene rings is 1. The molecule has 0 saturated heterocycles. The Balaban J connectivity index is 2.89. The van der Waals surface area contributed by atoms with Crippen LogP contribution in [0.1, 0.15) is 30.9 Å². The molecule has 1 aromatic rings. The zero-order chi connectivity index (χ0) is 10.6. The molecule has 0 aliphatic heterocycles. The van der Waals surface area contributed by atoms with Crippen LogP contribution in [0.25, 0.3) is 0 Å². The van der Waals surface area contributed by atoms with Crippen LogP contribution in [0.4, 0.5) is 0 Å². The molecule has 0 spiro atoms. The van der Waals surface area contributed by atoms with Gasteiger partial charge in [-0.2, -0.15) is 0 Å². The van der Waals surface area contributed by atoms with Gasteiger partial charge in [0.25, 0.3) is 0 Å². The van der Waals surface area contributed by atoms with Gasteiger partial charge >= 0.3 is 0 Å². The minimum absolute atomic E-state index is 0.827. The van der Waals surface area contributed by atoms with Gasteiger partial charge in [0.1, 0.15) is 0 Å². The lowest BCUT2D eigenvalue weighted by molar-refractivity contribution is 0.746. The summed E-state index contributed by atoms with van der Waals surface area (Å²) in [5.41, 5.74) is 2.38. The largest absolute Gasteiger partial charge is 0.0691 e. The monoisotopic (exact) mass is 206 g/mol. The number of hydrogen-bond acceptors (Lipinski definition) is 0. The quantitative estimate of drug-likeness (QED) is 0.639. The van der Waals surface area contributed by atoms with Gasteiger partial charge in [-0.1, -0.05) is 63.3 Å². The van der Waals surface area contributed by atoms with Crippen LogP contribution in [0.5, 0.6) is 0 Å². The van der Waals surface area contributed by atoms with Gasteiger partial charge in [0, 0.05) is 0 Å². The van der Waals surface area contributed by atoms with Crippen molar-refractivity contribution >= 4 is 8.07 Å². The van der Waals surface area contributed by atoms with Crippen LogP contribution in [-0.4, -0.2) is 8.07 Å². The van der Waals surface area contributed by atoms with E-state index in [4.69, 9.17) is 0 Å². The van der Waals surface area contributed by atoms with Crippen molar-refractivity contribution in [3.8, 4) is 0 Å². The summed E-state index contributed by atoms with van der Waals surface area (Å²) in [5.74, 6) is 0. The van der Waals surface area contributed by atoms with Crippen LogP contribution in [0, 0.1) is 0 Å². The summed E-state index contributed by atoms with van der Waals surface area (Å²) in [6.45, 7) is 9.71. The summed E-state index contributed by atoms with van der Waals surface area (Å²) in [6.07, 6.45) is 2.64. The average molecular weight is 206 g/mol. The Kier molecular flexibility index (Phi) is 3.94. The molecule has 0 N–H and O–H groups in total. The Hall–Kier alpha value is -0.563. The van der Waals surface area contributed by atoms with Crippen molar-refractivity contribution in [1.82, 2.24) is 0 Å². The van der Waals surface area contributed by atoms with Crippen molar-refractivity contribution in [3.63, 3.8) is 0 Å². The molecule has 1 rings (SSSR count). The van der Waals surface area contributed by atoms with Crippen LogP contribution in [0.2, 0.25) is 19.6 Å². The van der Waals surface area contributed by atoms with Gasteiger partial charge in [-0.25, -0.2) is 0 Å². The first-order valence-corrected chi connectivity index (χ1v) is 9.18. The molecule has 0 radical (unpaired) electrons. The van der Waals surface area contributed by atoms with E-state index >= 15 is 0 Å². The van der Waals surface area contributed by atoms with E-state index in [2.05, 4.69) is 56.9 Å². The van der Waals surface area contributed by atoms with Crippen molar-refractivity contribution in [1.29, 1.82) is 0 Å². The summed E-state index contributed by atoms with van der Waals surface area (Å²) in [4.78, 5) is 0. The van der Waals surface area contributed by atoms with Gasteiger partial charge in [0.2, 0.25) is 0 Å². The average Bonchev–Trinajstić information content (AvgIpc) is 2.14. The first-order chi connectivity index (χ1) is 6.55. The highest BCUT2D eigenvalue weighted by Crippen LogP contribution is 2.30. The second kappa shape index (κ2) is 4.79. The van der Waals surface area contributed by atoms with E-state index in [-0.39, 0.29) is 0 Å². The first kappa shape index (κ1) is 11.5. The molecule has 1 heteroatoms. The number of rotatable bonds is 4. The van der Waals surface area contributed by atoms with Gasteiger partial charge in [-0.3, -0.25) is 0 Å². The molecule has 0 amide bonds. The Morgan fingerprint density at radius 1 is 1.07 bits per heavy atom. The van der Waals surface area contributed by atoms with Gasteiger partial charge < -0.3 is 0 Å². The topological polar surface area (TPSA) is 0 Å². The Bertz CT molecular complexity index is 258. The standard InChI is InChI=1S/C13H22Si/c1-5-9-13(14(2,3)4)12-10-7-6-8-11-12/h6-8,10-11,13H,5,9H2,1-4H3. The molecule has 0 aliphatic carbocycles. The minimum atomic E-state index is -1.05. The van der Waals surface area contributed by atoms with E-state index in [1.807, 2.05) is 0 Å². The zero-order valence-electron chi connectivity index (χ0n) is 9.88. The molecule has 1 unspecified atom stereocenters. The maximum absolute atomic E-state index is 2.47. The van der Waals surface area contributed by atoms with E-state index in [0.29, 0.717) is 0 Å². The van der Waals surface area contributed by atoms with Crippen LogP contribution in [0.3, 0.4) is 0 Å². The maximum Gasteiger partial charge on any atom is 0.0521 e. The molecule has 0 aromatic heterocycles. The third kappa shape index (κ3) is 2.98. The van der Waals surface area contributed by atoms with Gasteiger partial charge in [0.15, 0.2) is 0 Å². The molecular formula is C13H22Si. The highest BCUT2D eigenvalue weighted by atomic mass is 28.3. The van der Waals surface area contributed by atoms with Crippen LogP contribution in [-0.2, 0) is 0 Å². The fraction of sp³-hybridized carbons (Fsp3) is 0.538. The van der Waals surface area contributed by atoms with Crippen LogP contribution >= 0.6 is 0 Å². The number of hydrogen-bond donors (Lipinski definition) is 0. The normalized spacial score (nSPS) is 14.0. The fourth-order valence-corrected chi connectivity index (χ4v) is 4.42. The first-order valence-electron chi connectivity index (χ1n) is 5.60. The van der Waals surface area contributed by atoms with Crippen molar-refractivity contribution in [2.75, 3.05) is 0 Å². The fourth-order valence-electron chi connectivity index (χ4n) is 2.07. The van der Waals surface area contributed by atoms with Crippen LogP contribution < -0.4 is 0 Å². The summed E-state index contributed by atoms with van der Waals surface area (Å²) >= 11 is 0. The second-order valence-corrected chi connectivity index (χ2v) is 10.5. The second-order valence-electron chi connectivity index (χ2n) is 5.12. The van der Waals surface area contributed by atoms with E-state index < -0.39 is 8.07 Å². The molecule has 78 valence electrons. The lowest BCUT2D eigenvalue weighted by Gasteiger charge is -2.29. The summed E-state index contributed by atoms with van der Waals surface area (Å²) < 4.78 is 0. The predicted molar refractivity (Wildman–Crippen MR) is 67.4 cm³/mol. The van der Waals surface area contributed by atoms with Gasteiger partial charge in [-0.15, -0.1) is 0 Å². The molecule has 1 atom stereocenters. The lowest BCUT2D eigenvalue weighted by Crippen LogP contribution is -2.30. The summed E-state index contributed by atoms with van der Waals surface area (Å²) in [7, 11) is -1.05. The smallest absolute Gasteiger partial charge is 0.0521 e. The summed E-state index contributed by atoms with van der Waals surface area (Å²) in [5, 5.41) is 0. The molecule has 0 nitrogen and oxygen atoms in total. The molecule has 0 aliphatic rings. The Morgan fingerprint density at radius 2 is 1.64 bits per heavy atom. The van der Waals surface area contributed by atoms with Crippen molar-refractivity contribution < 1.29 is 0 Å². The third-order valence-electron chi connectivity index (χ3n) is 2.82. The van der Waals surface area contributed by atoms with Crippen molar-refractivity contribution in [2.45, 2.75) is 44.9 Å². The van der Waals surface area contributed by atoms with Gasteiger partial charge in [0.05, 0.1) is 8.07 Å². The minimum Gasteiger partial charge on any atom is -0.0691 e. The van der Waals surface area contributed by atoms with E-state index in [1.54, 1.807) is 5.56 Å². The lowest BCUT2D eigenvalue weighted by atomic mass is 10.1. The van der Waals surface area contributed by atoms with Gasteiger partial charge in [-0.05, 0) is 17.5 Å². The van der Waals surface area contributed by atoms with E-state index in [1.165, 1.54) is 12.8 Å². The molecule has 1 aromatic carbocycles. The highest BCUT2D eigenvalue weighted by molar-refractivity contribution is 6.77. The molecule has 0 saturated carbocycles. The summed E-state index contributed by atoms with van der Waals surface area (Å²) in [6, 6.07) is 11.0.